The third-order valence-corrected chi connectivity index (χ3v) is 5.59. The van der Waals surface area contributed by atoms with Crippen LogP contribution in [0.5, 0.6) is 0 Å². The molecular formula is C14H24N4O2S. The average Bonchev–Trinajstić information content (AvgIpc) is 2.44. The Morgan fingerprint density at radius 1 is 1.38 bits per heavy atom. The van der Waals surface area contributed by atoms with Gasteiger partial charge in [0.15, 0.2) is 0 Å². The molecule has 6 nitrogen and oxygen atoms in total. The van der Waals surface area contributed by atoms with Crippen LogP contribution in [-0.2, 0) is 10.0 Å². The fraction of sp³-hybridized carbons (Fsp3) is 0.571. The lowest BCUT2D eigenvalue weighted by Crippen LogP contribution is -2.42. The summed E-state index contributed by atoms with van der Waals surface area (Å²) in [5.74, 6) is 0. The van der Waals surface area contributed by atoms with Crippen LogP contribution in [-0.4, -0.2) is 46.0 Å². The van der Waals surface area contributed by atoms with Gasteiger partial charge in [-0.2, -0.15) is 0 Å². The van der Waals surface area contributed by atoms with E-state index in [0.717, 1.165) is 19.4 Å². The number of nitrogens with two attached hydrogens (primary N) is 1. The molecule has 0 aliphatic carbocycles. The third-order valence-electron chi connectivity index (χ3n) is 4.13. The minimum Gasteiger partial charge on any atom is -0.399 e. The van der Waals surface area contributed by atoms with Gasteiger partial charge in [0.25, 0.3) is 0 Å². The molecule has 1 saturated heterocycles. The molecule has 1 aliphatic heterocycles. The lowest BCUT2D eigenvalue weighted by molar-refractivity contribution is 0.190. The highest BCUT2D eigenvalue weighted by atomic mass is 32.2. The van der Waals surface area contributed by atoms with Crippen LogP contribution in [0.3, 0.4) is 0 Å². The topological polar surface area (TPSA) is 87.5 Å². The summed E-state index contributed by atoms with van der Waals surface area (Å²) in [5.41, 5.74) is 6.77. The number of anilines is 2. The molecule has 21 heavy (non-hydrogen) atoms. The van der Waals surface area contributed by atoms with Gasteiger partial charge in [-0.25, -0.2) is 13.1 Å². The van der Waals surface area contributed by atoms with Crippen molar-refractivity contribution >= 4 is 21.4 Å². The largest absolute Gasteiger partial charge is 0.399 e. The number of likely N-dealkylation sites (tertiary alicyclic amines) is 1. The van der Waals surface area contributed by atoms with Crippen molar-refractivity contribution in [2.24, 2.45) is 0 Å². The van der Waals surface area contributed by atoms with Crippen molar-refractivity contribution in [3.63, 3.8) is 0 Å². The molecule has 0 aromatic heterocycles. The second-order valence-corrected chi connectivity index (χ2v) is 7.51. The zero-order chi connectivity index (χ0) is 15.6. The fourth-order valence-electron chi connectivity index (χ4n) is 2.63. The van der Waals surface area contributed by atoms with Crippen molar-refractivity contribution in [2.75, 3.05) is 31.7 Å². The van der Waals surface area contributed by atoms with E-state index in [2.05, 4.69) is 28.9 Å². The molecule has 7 heteroatoms. The predicted molar refractivity (Wildman–Crippen MR) is 85.8 cm³/mol. The standard InChI is InChI=1S/C14H24N4O2S/c1-10-8-12(6-7-18(10)3)17-13-5-4-11(15)9-14(13)21(19,20)16-2/h4-5,9-10,12,16-17H,6-8,15H2,1-3H3. The number of hydrogen-bond donors (Lipinski definition) is 3. The summed E-state index contributed by atoms with van der Waals surface area (Å²) in [6.45, 7) is 3.18. The van der Waals surface area contributed by atoms with Gasteiger partial charge in [-0.05, 0) is 52.1 Å². The Hall–Kier alpha value is -1.31. The molecule has 0 amide bonds. The zero-order valence-corrected chi connectivity index (χ0v) is 13.6. The van der Waals surface area contributed by atoms with E-state index >= 15 is 0 Å². The van der Waals surface area contributed by atoms with E-state index < -0.39 is 10.0 Å². The minimum atomic E-state index is -3.53. The summed E-state index contributed by atoms with van der Waals surface area (Å²) in [4.78, 5) is 2.52. The normalized spacial score (nSPS) is 24.0. The molecule has 2 unspecified atom stereocenters. The molecule has 0 spiro atoms. The number of nitrogen functional groups attached to an aromatic ring is 1. The summed E-state index contributed by atoms with van der Waals surface area (Å²) < 4.78 is 26.6. The zero-order valence-electron chi connectivity index (χ0n) is 12.8. The monoisotopic (exact) mass is 312 g/mol. The van der Waals surface area contributed by atoms with Crippen LogP contribution in [0.1, 0.15) is 19.8 Å². The van der Waals surface area contributed by atoms with E-state index in [1.807, 2.05) is 0 Å². The summed E-state index contributed by atoms with van der Waals surface area (Å²) >= 11 is 0. The van der Waals surface area contributed by atoms with Crippen molar-refractivity contribution in [2.45, 2.75) is 36.7 Å². The number of rotatable bonds is 4. The molecule has 0 bridgehead atoms. The van der Waals surface area contributed by atoms with E-state index in [4.69, 9.17) is 5.73 Å². The Labute approximate surface area is 126 Å². The summed E-state index contributed by atoms with van der Waals surface area (Å²) in [5, 5.41) is 3.37. The van der Waals surface area contributed by atoms with Gasteiger partial charge in [0.1, 0.15) is 4.90 Å². The van der Waals surface area contributed by atoms with Crippen LogP contribution in [0.4, 0.5) is 11.4 Å². The second-order valence-electron chi connectivity index (χ2n) is 5.66. The quantitative estimate of drug-likeness (QED) is 0.724. The van der Waals surface area contributed by atoms with Crippen LogP contribution < -0.4 is 15.8 Å². The molecule has 118 valence electrons. The Kier molecular flexibility index (Phi) is 4.75. The second kappa shape index (κ2) is 6.21. The minimum absolute atomic E-state index is 0.205. The van der Waals surface area contributed by atoms with E-state index in [9.17, 15) is 8.42 Å². The molecule has 1 heterocycles. The summed E-state index contributed by atoms with van der Waals surface area (Å²) in [6.07, 6.45) is 1.98. The molecule has 0 saturated carbocycles. The number of piperidine rings is 1. The first-order valence-electron chi connectivity index (χ1n) is 7.13. The number of nitrogens with one attached hydrogen (secondary N) is 2. The Morgan fingerprint density at radius 3 is 2.71 bits per heavy atom. The van der Waals surface area contributed by atoms with Crippen LogP contribution >= 0.6 is 0 Å². The first-order valence-corrected chi connectivity index (χ1v) is 8.61. The van der Waals surface area contributed by atoms with E-state index in [0.29, 0.717) is 17.4 Å². The number of sulfonamides is 1. The van der Waals surface area contributed by atoms with Crippen LogP contribution in [0.25, 0.3) is 0 Å². The maximum absolute atomic E-state index is 12.1. The first kappa shape index (κ1) is 16.1. The van der Waals surface area contributed by atoms with Crippen LogP contribution in [0.2, 0.25) is 0 Å². The van der Waals surface area contributed by atoms with Crippen molar-refractivity contribution in [1.29, 1.82) is 0 Å². The van der Waals surface area contributed by atoms with Gasteiger partial charge in [-0.15, -0.1) is 0 Å². The maximum Gasteiger partial charge on any atom is 0.242 e. The number of benzene rings is 1. The van der Waals surface area contributed by atoms with Crippen LogP contribution in [0.15, 0.2) is 23.1 Å². The highest BCUT2D eigenvalue weighted by Crippen LogP contribution is 2.27. The summed E-state index contributed by atoms with van der Waals surface area (Å²) in [6, 6.07) is 5.70. The van der Waals surface area contributed by atoms with Gasteiger partial charge in [-0.1, -0.05) is 0 Å². The van der Waals surface area contributed by atoms with Gasteiger partial charge < -0.3 is 16.0 Å². The van der Waals surface area contributed by atoms with Crippen molar-refractivity contribution in [1.82, 2.24) is 9.62 Å². The number of hydrogen-bond acceptors (Lipinski definition) is 5. The molecule has 1 fully saturated rings. The maximum atomic E-state index is 12.1. The van der Waals surface area contributed by atoms with Crippen molar-refractivity contribution in [3.8, 4) is 0 Å². The van der Waals surface area contributed by atoms with E-state index in [1.165, 1.54) is 13.1 Å². The van der Waals surface area contributed by atoms with Gasteiger partial charge in [0.05, 0.1) is 5.69 Å². The summed E-state index contributed by atoms with van der Waals surface area (Å²) in [7, 11) is -0.0145. The van der Waals surface area contributed by atoms with Gasteiger partial charge in [0.2, 0.25) is 10.0 Å². The Balaban J connectivity index is 2.24. The Bertz CT molecular complexity index is 603. The van der Waals surface area contributed by atoms with Crippen LogP contribution in [0, 0.1) is 0 Å². The van der Waals surface area contributed by atoms with E-state index in [1.54, 1.807) is 12.1 Å². The SMILES string of the molecule is CNS(=O)(=O)c1cc(N)ccc1NC1CCN(C)C(C)C1. The molecule has 1 aromatic carbocycles. The molecule has 1 aliphatic rings. The first-order chi connectivity index (χ1) is 9.83. The molecule has 4 N–H and O–H groups in total. The van der Waals surface area contributed by atoms with Gasteiger partial charge in [-0.3, -0.25) is 0 Å². The molecule has 2 rings (SSSR count). The smallest absolute Gasteiger partial charge is 0.242 e. The van der Waals surface area contributed by atoms with E-state index in [-0.39, 0.29) is 10.9 Å². The molecular weight excluding hydrogens is 288 g/mol. The predicted octanol–water partition coefficient (Wildman–Crippen LogP) is 1.07. The molecule has 1 aromatic rings. The third kappa shape index (κ3) is 3.66. The highest BCUT2D eigenvalue weighted by molar-refractivity contribution is 7.89. The highest BCUT2D eigenvalue weighted by Gasteiger charge is 2.25. The lowest BCUT2D eigenvalue weighted by atomic mass is 9.98. The average molecular weight is 312 g/mol. The fourth-order valence-corrected chi connectivity index (χ4v) is 3.56. The molecule has 0 radical (unpaired) electrons. The van der Waals surface area contributed by atoms with Crippen molar-refractivity contribution in [3.05, 3.63) is 18.2 Å². The lowest BCUT2D eigenvalue weighted by Gasteiger charge is -2.36. The number of nitrogens with zero attached hydrogens (tertiary/aromatic N) is 1. The van der Waals surface area contributed by atoms with Crippen molar-refractivity contribution < 1.29 is 8.42 Å². The molecule has 2 atom stereocenters. The van der Waals surface area contributed by atoms with Gasteiger partial charge >= 0.3 is 0 Å². The Morgan fingerprint density at radius 2 is 2.10 bits per heavy atom. The van der Waals surface area contributed by atoms with Gasteiger partial charge in [0, 0.05) is 24.3 Å².